The van der Waals surface area contributed by atoms with Crippen molar-refractivity contribution < 1.29 is 41.8 Å². The van der Waals surface area contributed by atoms with Crippen molar-refractivity contribution in [2.45, 2.75) is 29.3 Å². The van der Waals surface area contributed by atoms with E-state index in [9.17, 15) is 27.6 Å². The van der Waals surface area contributed by atoms with Crippen LogP contribution in [-0.2, 0) is 20.9 Å². The summed E-state index contributed by atoms with van der Waals surface area (Å²) in [6.45, 7) is 0.278. The lowest BCUT2D eigenvalue weighted by atomic mass is 10.1. The zero-order valence-electron chi connectivity index (χ0n) is 22.5. The molecule has 1 N–H and O–H groups in total. The van der Waals surface area contributed by atoms with Crippen LogP contribution in [0.25, 0.3) is 10.9 Å². The van der Waals surface area contributed by atoms with Crippen LogP contribution in [0.2, 0.25) is 0 Å². The molecule has 4 aromatic rings. The molecule has 0 aliphatic carbocycles. The highest BCUT2D eigenvalue weighted by Gasteiger charge is 2.32. The van der Waals surface area contributed by atoms with E-state index in [2.05, 4.69) is 10.3 Å². The van der Waals surface area contributed by atoms with Gasteiger partial charge in [0, 0.05) is 11.5 Å². The first kappa shape index (κ1) is 31.6. The number of nitrogens with one attached hydrogen (secondary N) is 1. The summed E-state index contributed by atoms with van der Waals surface area (Å²) in [4.78, 5) is 43.7. The van der Waals surface area contributed by atoms with E-state index in [4.69, 9.17) is 25.8 Å². The summed E-state index contributed by atoms with van der Waals surface area (Å²) in [7, 11) is 0. The fraction of sp³-hybridized carbons (Fsp3) is 0.200. The lowest BCUT2D eigenvalue weighted by Gasteiger charge is -2.21. The van der Waals surface area contributed by atoms with Gasteiger partial charge in [-0.25, -0.2) is 32.5 Å². The Labute approximate surface area is 253 Å². The Hall–Kier alpha value is -4.29. The van der Waals surface area contributed by atoms with Crippen molar-refractivity contribution in [1.29, 1.82) is 0 Å². The molecule has 0 fully saturated rings. The fourth-order valence-corrected chi connectivity index (χ4v) is 4.90. The molecule has 0 saturated heterocycles. The number of amides is 1. The van der Waals surface area contributed by atoms with E-state index in [1.54, 1.807) is 48.5 Å². The van der Waals surface area contributed by atoms with Gasteiger partial charge in [0.15, 0.2) is 23.4 Å². The summed E-state index contributed by atoms with van der Waals surface area (Å²) < 4.78 is 56.8. The molecule has 1 unspecified atom stereocenters. The Bertz CT molecular complexity index is 1610. The van der Waals surface area contributed by atoms with Gasteiger partial charge in [0.25, 0.3) is 0 Å². The van der Waals surface area contributed by atoms with Crippen LogP contribution in [0.3, 0.4) is 0 Å². The largest absolute Gasteiger partial charge is 0.462 e. The van der Waals surface area contributed by atoms with Crippen molar-refractivity contribution in [1.82, 2.24) is 10.3 Å². The van der Waals surface area contributed by atoms with E-state index in [1.807, 2.05) is 0 Å². The Morgan fingerprint density at radius 1 is 0.977 bits per heavy atom. The number of pyridine rings is 1. The molecule has 0 bridgehead atoms. The van der Waals surface area contributed by atoms with Gasteiger partial charge in [-0.2, -0.15) is 0 Å². The number of esters is 2. The monoisotopic (exact) mass is 632 g/mol. The van der Waals surface area contributed by atoms with Gasteiger partial charge >= 0.3 is 18.0 Å². The molecule has 2 atom stereocenters. The van der Waals surface area contributed by atoms with Gasteiger partial charge in [-0.3, -0.25) is 0 Å². The first-order chi connectivity index (χ1) is 20.7. The summed E-state index contributed by atoms with van der Waals surface area (Å²) in [5.74, 6) is -5.29. The van der Waals surface area contributed by atoms with Gasteiger partial charge in [-0.1, -0.05) is 72.4 Å². The molecule has 43 heavy (non-hydrogen) atoms. The number of fused-ring (bicyclic) bond motifs is 1. The van der Waals surface area contributed by atoms with Gasteiger partial charge in [-0.15, -0.1) is 11.6 Å². The molecule has 1 amide bonds. The third kappa shape index (κ3) is 7.96. The molecule has 13 heteroatoms. The SMILES string of the molecule is CCOC(=O)c1c(SC(Cl)CF)nc2cc(F)c(F)cc2c1OC(=O)[C@H](NC(=O)OCc1ccccc1)c1ccccc1. The van der Waals surface area contributed by atoms with E-state index in [0.717, 1.165) is 6.07 Å². The topological polar surface area (TPSA) is 104 Å². The quantitative estimate of drug-likeness (QED) is 0.108. The highest BCUT2D eigenvalue weighted by Crippen LogP contribution is 2.39. The molecule has 3 aromatic carbocycles. The fourth-order valence-electron chi connectivity index (χ4n) is 3.90. The molecule has 4 rings (SSSR count). The molecule has 224 valence electrons. The van der Waals surface area contributed by atoms with Crippen LogP contribution in [0, 0.1) is 11.6 Å². The number of aromatic nitrogens is 1. The van der Waals surface area contributed by atoms with Crippen LogP contribution in [0.5, 0.6) is 5.75 Å². The maximum atomic E-state index is 14.4. The number of benzene rings is 3. The van der Waals surface area contributed by atoms with Gasteiger partial charge in [0.1, 0.15) is 28.6 Å². The number of carbonyl (C=O) groups is 3. The molecule has 0 radical (unpaired) electrons. The third-order valence-corrected chi connectivity index (χ3v) is 7.12. The number of nitrogens with zero attached hydrogens (tertiary/aromatic N) is 1. The Kier molecular flexibility index (Phi) is 10.8. The average molecular weight is 633 g/mol. The minimum atomic E-state index is -1.48. The molecule has 0 aliphatic heterocycles. The summed E-state index contributed by atoms with van der Waals surface area (Å²) in [6, 6.07) is 16.8. The summed E-state index contributed by atoms with van der Waals surface area (Å²) >= 11 is 6.57. The number of ether oxygens (including phenoxy) is 3. The van der Waals surface area contributed by atoms with Crippen molar-refractivity contribution in [3.8, 4) is 5.75 Å². The minimum absolute atomic E-state index is 0.0924. The molecule has 0 aliphatic rings. The van der Waals surface area contributed by atoms with Crippen LogP contribution in [-0.4, -0.2) is 41.0 Å². The molecule has 0 spiro atoms. The van der Waals surface area contributed by atoms with Gasteiger partial charge in [0.05, 0.1) is 12.1 Å². The third-order valence-electron chi connectivity index (χ3n) is 5.83. The van der Waals surface area contributed by atoms with Crippen LogP contribution in [0.4, 0.5) is 18.0 Å². The van der Waals surface area contributed by atoms with Crippen molar-refractivity contribution in [3.05, 3.63) is 101 Å². The maximum absolute atomic E-state index is 14.4. The zero-order valence-corrected chi connectivity index (χ0v) is 24.1. The number of hydrogen-bond acceptors (Lipinski definition) is 8. The Morgan fingerprint density at radius 3 is 2.28 bits per heavy atom. The maximum Gasteiger partial charge on any atom is 0.408 e. The Balaban J connectivity index is 1.77. The van der Waals surface area contributed by atoms with Gasteiger partial charge in [-0.05, 0) is 24.1 Å². The number of halogens is 4. The van der Waals surface area contributed by atoms with Crippen LogP contribution in [0.15, 0.2) is 77.8 Å². The number of rotatable bonds is 11. The molecular weight excluding hydrogens is 609 g/mol. The summed E-state index contributed by atoms with van der Waals surface area (Å²) in [5, 5.41) is 1.94. The standard InChI is InChI=1S/C30H24ClF3N2O6S/c1-2-40-28(37)24-26(19-13-20(33)21(34)14-22(19)35-27(24)43-23(31)15-32)42-29(38)25(18-11-7-4-8-12-18)36-30(39)41-16-17-9-5-3-6-10-17/h3-14,23,25H,2,15-16H2,1H3,(H,36,39)/t23?,25-/m1/s1. The molecule has 0 saturated carbocycles. The minimum Gasteiger partial charge on any atom is -0.462 e. The van der Waals surface area contributed by atoms with E-state index < -0.39 is 58.4 Å². The average Bonchev–Trinajstić information content (AvgIpc) is 3.00. The van der Waals surface area contributed by atoms with E-state index in [1.165, 1.54) is 19.1 Å². The number of alkyl carbamates (subject to hydrolysis) is 1. The predicted molar refractivity (Wildman–Crippen MR) is 154 cm³/mol. The van der Waals surface area contributed by atoms with E-state index in [-0.39, 0.29) is 34.7 Å². The molecule has 8 nitrogen and oxygen atoms in total. The van der Waals surface area contributed by atoms with Gasteiger partial charge < -0.3 is 19.5 Å². The van der Waals surface area contributed by atoms with Crippen molar-refractivity contribution in [2.75, 3.05) is 13.3 Å². The molecule has 1 heterocycles. The normalized spacial score (nSPS) is 12.3. The van der Waals surface area contributed by atoms with Crippen LogP contribution >= 0.6 is 23.4 Å². The zero-order chi connectivity index (χ0) is 30.9. The Morgan fingerprint density at radius 2 is 1.63 bits per heavy atom. The predicted octanol–water partition coefficient (Wildman–Crippen LogP) is 6.89. The number of carbonyl (C=O) groups excluding carboxylic acids is 3. The van der Waals surface area contributed by atoms with Crippen LogP contribution < -0.4 is 10.1 Å². The summed E-state index contributed by atoms with van der Waals surface area (Å²) in [6.07, 6.45) is -0.961. The second kappa shape index (κ2) is 14.7. The van der Waals surface area contributed by atoms with Crippen LogP contribution in [0.1, 0.15) is 34.5 Å². The number of thioether (sulfide) groups is 1. The number of hydrogen-bond donors (Lipinski definition) is 1. The van der Waals surface area contributed by atoms with Crippen molar-refractivity contribution in [2.24, 2.45) is 0 Å². The lowest BCUT2D eigenvalue weighted by Crippen LogP contribution is -2.36. The first-order valence-electron chi connectivity index (χ1n) is 12.8. The smallest absolute Gasteiger partial charge is 0.408 e. The van der Waals surface area contributed by atoms with E-state index >= 15 is 0 Å². The number of alkyl halides is 2. The summed E-state index contributed by atoms with van der Waals surface area (Å²) in [5.41, 5.74) is 0.303. The van der Waals surface area contributed by atoms with E-state index in [0.29, 0.717) is 23.4 Å². The second-order valence-electron chi connectivity index (χ2n) is 8.78. The van der Waals surface area contributed by atoms with Crippen molar-refractivity contribution in [3.63, 3.8) is 0 Å². The second-order valence-corrected chi connectivity index (χ2v) is 10.8. The van der Waals surface area contributed by atoms with Gasteiger partial charge in [0.2, 0.25) is 0 Å². The van der Waals surface area contributed by atoms with Crippen molar-refractivity contribution >= 4 is 52.3 Å². The highest BCUT2D eigenvalue weighted by molar-refractivity contribution is 8.01. The first-order valence-corrected chi connectivity index (χ1v) is 14.1. The molecule has 1 aromatic heterocycles. The lowest BCUT2D eigenvalue weighted by molar-refractivity contribution is -0.136. The molecular formula is C30H24ClF3N2O6S. The highest BCUT2D eigenvalue weighted by atomic mass is 35.5.